The largest absolute Gasteiger partial charge is 0.283 e. The first-order valence-electron chi connectivity index (χ1n) is 5.73. The summed E-state index contributed by atoms with van der Waals surface area (Å²) >= 11 is 0. The normalized spacial score (nSPS) is 16.3. The van der Waals surface area contributed by atoms with Crippen LogP contribution < -0.4 is 4.72 Å². The molecule has 0 saturated heterocycles. The summed E-state index contributed by atoms with van der Waals surface area (Å²) in [6, 6.07) is 4.04. The van der Waals surface area contributed by atoms with Crippen LogP contribution in [0.15, 0.2) is 23.1 Å². The summed E-state index contributed by atoms with van der Waals surface area (Å²) in [4.78, 5) is -0.0446. The smallest absolute Gasteiger partial charge is 0.261 e. The second-order valence-electron chi connectivity index (χ2n) is 4.74. The fraction of sp³-hybridized carbons (Fsp3) is 0.455. The molecule has 1 aliphatic carbocycles. The molecule has 0 unspecified atom stereocenters. The molecule has 5 nitrogen and oxygen atoms in total. The van der Waals surface area contributed by atoms with Crippen LogP contribution in [-0.4, -0.2) is 22.6 Å². The van der Waals surface area contributed by atoms with Crippen molar-refractivity contribution in [3.63, 3.8) is 0 Å². The molecule has 0 aromatic heterocycles. The fourth-order valence-corrected chi connectivity index (χ4v) is 4.14. The summed E-state index contributed by atoms with van der Waals surface area (Å²) in [7, 11) is -1.95. The van der Waals surface area contributed by atoms with Crippen LogP contribution in [0.3, 0.4) is 0 Å². The van der Waals surface area contributed by atoms with Crippen molar-refractivity contribution < 1.29 is 16.8 Å². The van der Waals surface area contributed by atoms with Crippen LogP contribution in [0.4, 0.5) is 5.69 Å². The molecule has 0 bridgehead atoms. The maximum atomic E-state index is 11.8. The van der Waals surface area contributed by atoms with Crippen molar-refractivity contribution in [2.24, 2.45) is 5.92 Å². The number of anilines is 1. The minimum absolute atomic E-state index is 0.0446. The van der Waals surface area contributed by atoms with Crippen LogP contribution in [0.5, 0.6) is 0 Å². The van der Waals surface area contributed by atoms with E-state index in [-0.39, 0.29) is 16.6 Å². The Kier molecular flexibility index (Phi) is 3.81. The van der Waals surface area contributed by atoms with Gasteiger partial charge >= 0.3 is 0 Å². The molecular formula is C11H14ClNO4S2. The van der Waals surface area contributed by atoms with Gasteiger partial charge in [0.05, 0.1) is 16.3 Å². The first kappa shape index (κ1) is 14.6. The number of rotatable bonds is 5. The first-order valence-corrected chi connectivity index (χ1v) is 9.69. The van der Waals surface area contributed by atoms with Crippen molar-refractivity contribution in [3.8, 4) is 0 Å². The van der Waals surface area contributed by atoms with E-state index in [2.05, 4.69) is 4.72 Å². The van der Waals surface area contributed by atoms with Crippen LogP contribution in [0, 0.1) is 12.8 Å². The Morgan fingerprint density at radius 2 is 1.89 bits per heavy atom. The fourth-order valence-electron chi connectivity index (χ4n) is 1.71. The van der Waals surface area contributed by atoms with Gasteiger partial charge < -0.3 is 0 Å². The maximum Gasteiger partial charge on any atom is 0.261 e. The molecule has 1 fully saturated rings. The zero-order valence-corrected chi connectivity index (χ0v) is 12.6. The molecule has 19 heavy (non-hydrogen) atoms. The highest BCUT2D eigenvalue weighted by Crippen LogP contribution is 2.31. The predicted molar refractivity (Wildman–Crippen MR) is 74.4 cm³/mol. The highest BCUT2D eigenvalue weighted by molar-refractivity contribution is 8.13. The average molecular weight is 324 g/mol. The number of hydrogen-bond acceptors (Lipinski definition) is 4. The van der Waals surface area contributed by atoms with E-state index in [9.17, 15) is 16.8 Å². The Balaban J connectivity index is 2.22. The van der Waals surface area contributed by atoms with E-state index >= 15 is 0 Å². The molecule has 0 heterocycles. The molecule has 1 aromatic rings. The minimum Gasteiger partial charge on any atom is -0.283 e. The molecule has 106 valence electrons. The number of sulfonamides is 1. The zero-order chi connectivity index (χ0) is 14.3. The minimum atomic E-state index is -3.80. The zero-order valence-electron chi connectivity index (χ0n) is 10.3. The molecule has 0 aliphatic heterocycles. The first-order chi connectivity index (χ1) is 8.67. The molecule has 1 saturated carbocycles. The lowest BCUT2D eigenvalue weighted by Crippen LogP contribution is -2.18. The van der Waals surface area contributed by atoms with Gasteiger partial charge in [-0.25, -0.2) is 16.8 Å². The Hall–Kier alpha value is -0.790. The van der Waals surface area contributed by atoms with Gasteiger partial charge in [0.15, 0.2) is 0 Å². The van der Waals surface area contributed by atoms with Crippen LogP contribution >= 0.6 is 10.7 Å². The van der Waals surface area contributed by atoms with Crippen molar-refractivity contribution in [1.82, 2.24) is 0 Å². The van der Waals surface area contributed by atoms with Crippen LogP contribution in [-0.2, 0) is 19.1 Å². The van der Waals surface area contributed by atoms with Crippen molar-refractivity contribution in [2.45, 2.75) is 24.7 Å². The predicted octanol–water partition coefficient (Wildman–Crippen LogP) is 2.07. The standard InChI is InChI=1S/C11H14ClNO4S2/c1-8-6-10(19(12,16)17)4-5-11(8)13-18(14,15)7-9-2-3-9/h4-6,9,13H,2-3,7H2,1H3. The summed E-state index contributed by atoms with van der Waals surface area (Å²) in [6.07, 6.45) is 1.90. The van der Waals surface area contributed by atoms with Crippen molar-refractivity contribution >= 4 is 35.4 Å². The van der Waals surface area contributed by atoms with E-state index in [0.29, 0.717) is 11.3 Å². The SMILES string of the molecule is Cc1cc(S(=O)(=O)Cl)ccc1NS(=O)(=O)CC1CC1. The number of aryl methyl sites for hydroxylation is 1. The molecule has 0 spiro atoms. The lowest BCUT2D eigenvalue weighted by atomic mass is 10.2. The van der Waals surface area contributed by atoms with Gasteiger partial charge in [0.25, 0.3) is 9.05 Å². The highest BCUT2D eigenvalue weighted by atomic mass is 35.7. The van der Waals surface area contributed by atoms with Crippen molar-refractivity contribution in [2.75, 3.05) is 10.5 Å². The van der Waals surface area contributed by atoms with Crippen LogP contribution in [0.1, 0.15) is 18.4 Å². The van der Waals surface area contributed by atoms with E-state index < -0.39 is 19.1 Å². The molecule has 1 aliphatic rings. The average Bonchev–Trinajstić information content (AvgIpc) is 3.02. The van der Waals surface area contributed by atoms with Gasteiger partial charge in [0.2, 0.25) is 10.0 Å². The summed E-state index contributed by atoms with van der Waals surface area (Å²) < 4.78 is 48.5. The number of benzene rings is 1. The van der Waals surface area contributed by atoms with Gasteiger partial charge in [-0.05, 0) is 49.4 Å². The molecule has 1 aromatic carbocycles. The molecule has 0 amide bonds. The van der Waals surface area contributed by atoms with E-state index in [1.165, 1.54) is 18.2 Å². The molecular weight excluding hydrogens is 310 g/mol. The lowest BCUT2D eigenvalue weighted by Gasteiger charge is -2.10. The molecule has 8 heteroatoms. The molecule has 0 radical (unpaired) electrons. The Morgan fingerprint density at radius 3 is 2.37 bits per heavy atom. The van der Waals surface area contributed by atoms with E-state index in [1.807, 2.05) is 0 Å². The third-order valence-corrected chi connectivity index (χ3v) is 5.69. The summed E-state index contributed by atoms with van der Waals surface area (Å²) in [5, 5.41) is 0. The quantitative estimate of drug-likeness (QED) is 0.841. The van der Waals surface area contributed by atoms with Gasteiger partial charge in [-0.1, -0.05) is 0 Å². The van der Waals surface area contributed by atoms with E-state index in [4.69, 9.17) is 10.7 Å². The Morgan fingerprint density at radius 1 is 1.26 bits per heavy atom. The van der Waals surface area contributed by atoms with Crippen LogP contribution in [0.25, 0.3) is 0 Å². The third-order valence-electron chi connectivity index (χ3n) is 2.90. The molecule has 0 atom stereocenters. The van der Waals surface area contributed by atoms with Gasteiger partial charge in [0, 0.05) is 10.7 Å². The highest BCUT2D eigenvalue weighted by Gasteiger charge is 2.28. The number of nitrogens with one attached hydrogen (secondary N) is 1. The van der Waals surface area contributed by atoms with E-state index in [1.54, 1.807) is 6.92 Å². The van der Waals surface area contributed by atoms with Gasteiger partial charge in [-0.15, -0.1) is 0 Å². The second-order valence-corrected chi connectivity index (χ2v) is 9.07. The van der Waals surface area contributed by atoms with E-state index in [0.717, 1.165) is 12.8 Å². The topological polar surface area (TPSA) is 80.3 Å². The summed E-state index contributed by atoms with van der Waals surface area (Å²) in [5.41, 5.74) is 0.894. The van der Waals surface area contributed by atoms with Crippen molar-refractivity contribution in [1.29, 1.82) is 0 Å². The third kappa shape index (κ3) is 4.09. The Labute approximate surface area is 117 Å². The summed E-state index contributed by atoms with van der Waals surface area (Å²) in [5.74, 6) is 0.363. The van der Waals surface area contributed by atoms with Crippen molar-refractivity contribution in [3.05, 3.63) is 23.8 Å². The van der Waals surface area contributed by atoms with Gasteiger partial charge in [-0.2, -0.15) is 0 Å². The lowest BCUT2D eigenvalue weighted by molar-refractivity contribution is 0.597. The number of hydrogen-bond donors (Lipinski definition) is 1. The van der Waals surface area contributed by atoms with Gasteiger partial charge in [-0.3, -0.25) is 4.72 Å². The molecule has 2 rings (SSSR count). The van der Waals surface area contributed by atoms with Gasteiger partial charge in [0.1, 0.15) is 0 Å². The Bertz CT molecular complexity index is 693. The molecule has 1 N–H and O–H groups in total. The second kappa shape index (κ2) is 4.96. The monoisotopic (exact) mass is 323 g/mol. The maximum absolute atomic E-state index is 11.8. The number of halogens is 1. The van der Waals surface area contributed by atoms with Crippen LogP contribution in [0.2, 0.25) is 0 Å². The summed E-state index contributed by atoms with van der Waals surface area (Å²) in [6.45, 7) is 1.63.